The van der Waals surface area contributed by atoms with Crippen LogP contribution in [0.15, 0.2) is 85.1 Å². The molecule has 4 aromatic rings. The van der Waals surface area contributed by atoms with Gasteiger partial charge in [0.1, 0.15) is 17.2 Å². The fourth-order valence-corrected chi connectivity index (χ4v) is 4.05. The third-order valence-electron chi connectivity index (χ3n) is 6.14. The lowest BCUT2D eigenvalue weighted by atomic mass is 9.87. The van der Waals surface area contributed by atoms with Gasteiger partial charge in [0.05, 0.1) is 10.6 Å². The molecule has 0 aliphatic carbocycles. The normalized spacial score (nSPS) is 11.3. The maximum absolute atomic E-state index is 13.1. The van der Waals surface area contributed by atoms with Gasteiger partial charge in [-0.05, 0) is 71.6 Å². The topological polar surface area (TPSA) is 121 Å². The van der Waals surface area contributed by atoms with E-state index < -0.39 is 34.6 Å². The summed E-state index contributed by atoms with van der Waals surface area (Å²) in [5.74, 6) is -0.527. The number of hydrogen-bond donors (Lipinski definition) is 4. The van der Waals surface area contributed by atoms with Gasteiger partial charge in [-0.3, -0.25) is 25.4 Å². The van der Waals surface area contributed by atoms with Gasteiger partial charge < -0.3 is 15.4 Å². The number of ether oxygens (including phenoxy) is 1. The van der Waals surface area contributed by atoms with Crippen molar-refractivity contribution in [3.63, 3.8) is 0 Å². The molecule has 0 aliphatic heterocycles. The van der Waals surface area contributed by atoms with Gasteiger partial charge in [-0.1, -0.05) is 44.5 Å². The quantitative estimate of drug-likeness (QED) is 0.165. The predicted molar refractivity (Wildman–Crippen MR) is 160 cm³/mol. The van der Waals surface area contributed by atoms with Crippen LogP contribution in [0.25, 0.3) is 0 Å². The number of amides is 4. The molecule has 4 amide bonds. The summed E-state index contributed by atoms with van der Waals surface area (Å²) in [4.78, 5) is 41.3. The van der Waals surface area contributed by atoms with Crippen molar-refractivity contribution in [2.75, 3.05) is 10.6 Å². The number of halogens is 4. The Morgan fingerprint density at radius 2 is 1.36 bits per heavy atom. The van der Waals surface area contributed by atoms with Crippen molar-refractivity contribution in [1.29, 1.82) is 0 Å². The third kappa shape index (κ3) is 8.48. The second kappa shape index (κ2) is 13.0. The zero-order chi connectivity index (χ0) is 32.1. The summed E-state index contributed by atoms with van der Waals surface area (Å²) in [6.45, 7) is 6.19. The monoisotopic (exact) mass is 625 g/mol. The number of carbonyl (C=O) groups is 3. The molecule has 1 aromatic heterocycles. The molecule has 3 aromatic carbocycles. The zero-order valence-corrected chi connectivity index (χ0v) is 24.4. The highest BCUT2D eigenvalue weighted by Crippen LogP contribution is 2.36. The summed E-state index contributed by atoms with van der Waals surface area (Å²) < 4.78 is 45.0. The molecule has 4 rings (SSSR count). The van der Waals surface area contributed by atoms with Gasteiger partial charge in [-0.2, -0.15) is 13.2 Å². The van der Waals surface area contributed by atoms with Crippen LogP contribution in [0.3, 0.4) is 0 Å². The SMILES string of the molecule is CC(C)(C)c1ccc(C(=O)NNC(=O)c2cc(Oc3ccc(NC(=O)Nc4ccc(Cl)c(C(F)(F)F)c4)cc3)ccn2)cc1. The van der Waals surface area contributed by atoms with Gasteiger partial charge in [0.15, 0.2) is 0 Å². The molecule has 0 fully saturated rings. The number of nitrogens with zero attached hydrogens (tertiary/aromatic N) is 1. The maximum atomic E-state index is 13.1. The first-order valence-corrected chi connectivity index (χ1v) is 13.5. The van der Waals surface area contributed by atoms with E-state index in [1.54, 1.807) is 12.1 Å². The lowest BCUT2D eigenvalue weighted by molar-refractivity contribution is -0.137. The maximum Gasteiger partial charge on any atom is 0.417 e. The molecule has 0 bridgehead atoms. The summed E-state index contributed by atoms with van der Waals surface area (Å²) in [6, 6.07) is 18.3. The van der Waals surface area contributed by atoms with Crippen LogP contribution < -0.4 is 26.2 Å². The van der Waals surface area contributed by atoms with E-state index in [0.717, 1.165) is 17.7 Å². The molecule has 9 nitrogen and oxygen atoms in total. The van der Waals surface area contributed by atoms with E-state index in [-0.39, 0.29) is 22.5 Å². The van der Waals surface area contributed by atoms with Gasteiger partial charge in [0.25, 0.3) is 11.8 Å². The smallest absolute Gasteiger partial charge is 0.417 e. The Kier molecular flexibility index (Phi) is 9.43. The Balaban J connectivity index is 1.30. The average molecular weight is 626 g/mol. The number of rotatable bonds is 6. The van der Waals surface area contributed by atoms with E-state index in [1.165, 1.54) is 48.7 Å². The fourth-order valence-electron chi connectivity index (χ4n) is 3.83. The second-order valence-corrected chi connectivity index (χ2v) is 10.9. The van der Waals surface area contributed by atoms with Gasteiger partial charge in [-0.25, -0.2) is 4.79 Å². The van der Waals surface area contributed by atoms with Crippen molar-refractivity contribution in [1.82, 2.24) is 15.8 Å². The molecular weight excluding hydrogens is 599 g/mol. The molecule has 0 saturated heterocycles. The van der Waals surface area contributed by atoms with Gasteiger partial charge in [0, 0.05) is 29.2 Å². The summed E-state index contributed by atoms with van der Waals surface area (Å²) in [5, 5.41) is 4.35. The fraction of sp³-hybridized carbons (Fsp3) is 0.161. The Morgan fingerprint density at radius 3 is 2.00 bits per heavy atom. The highest BCUT2D eigenvalue weighted by atomic mass is 35.5. The Hall–Kier alpha value is -5.10. The molecule has 44 heavy (non-hydrogen) atoms. The number of hydrazine groups is 1. The number of anilines is 2. The number of carbonyl (C=O) groups excluding carboxylic acids is 3. The summed E-state index contributed by atoms with van der Waals surface area (Å²) >= 11 is 5.61. The molecule has 13 heteroatoms. The van der Waals surface area contributed by atoms with Crippen LogP contribution in [0, 0.1) is 0 Å². The van der Waals surface area contributed by atoms with Crippen LogP contribution in [0.4, 0.5) is 29.3 Å². The Bertz CT molecular complexity index is 1670. The minimum atomic E-state index is -4.67. The number of aromatic nitrogens is 1. The predicted octanol–water partition coefficient (Wildman–Crippen LogP) is 7.56. The number of urea groups is 1. The minimum Gasteiger partial charge on any atom is -0.457 e. The number of hydrogen-bond acceptors (Lipinski definition) is 5. The summed E-state index contributed by atoms with van der Waals surface area (Å²) in [5.41, 5.74) is 5.21. The van der Waals surface area contributed by atoms with Crippen molar-refractivity contribution in [3.05, 3.63) is 112 Å². The lowest BCUT2D eigenvalue weighted by Crippen LogP contribution is -2.41. The molecule has 0 aliphatic rings. The van der Waals surface area contributed by atoms with E-state index >= 15 is 0 Å². The molecule has 228 valence electrons. The number of pyridine rings is 1. The van der Waals surface area contributed by atoms with Crippen LogP contribution in [0.2, 0.25) is 5.02 Å². The highest BCUT2D eigenvalue weighted by Gasteiger charge is 2.33. The van der Waals surface area contributed by atoms with Gasteiger partial charge in [-0.15, -0.1) is 0 Å². The largest absolute Gasteiger partial charge is 0.457 e. The molecule has 0 spiro atoms. The molecule has 0 radical (unpaired) electrons. The first-order chi connectivity index (χ1) is 20.7. The second-order valence-electron chi connectivity index (χ2n) is 10.5. The molecule has 4 N–H and O–H groups in total. The van der Waals surface area contributed by atoms with E-state index in [2.05, 4.69) is 47.2 Å². The van der Waals surface area contributed by atoms with E-state index in [0.29, 0.717) is 17.0 Å². The third-order valence-corrected chi connectivity index (χ3v) is 6.47. The average Bonchev–Trinajstić information content (AvgIpc) is 2.97. The standard InChI is InChI=1S/C31H27ClF3N5O4/c1-30(2,3)19-6-4-18(5-7-19)27(41)39-40-28(42)26-17-23(14-15-36-26)44-22-11-8-20(9-12-22)37-29(43)38-21-10-13-25(32)24(16-21)31(33,34)35/h4-17H,1-3H3,(H,39,41)(H,40,42)(H2,37,38,43). The first-order valence-electron chi connectivity index (χ1n) is 13.1. The van der Waals surface area contributed by atoms with E-state index in [9.17, 15) is 27.6 Å². The first kappa shape index (κ1) is 31.8. The molecular formula is C31H27ClF3N5O4. The zero-order valence-electron chi connectivity index (χ0n) is 23.7. The van der Waals surface area contributed by atoms with Crippen molar-refractivity contribution < 1.29 is 32.3 Å². The van der Waals surface area contributed by atoms with E-state index in [4.69, 9.17) is 16.3 Å². The Morgan fingerprint density at radius 1 is 0.750 bits per heavy atom. The van der Waals surface area contributed by atoms with Crippen LogP contribution in [0.1, 0.15) is 52.7 Å². The molecule has 0 unspecified atom stereocenters. The van der Waals surface area contributed by atoms with E-state index in [1.807, 2.05) is 12.1 Å². The lowest BCUT2D eigenvalue weighted by Gasteiger charge is -2.19. The summed E-state index contributed by atoms with van der Waals surface area (Å²) in [7, 11) is 0. The van der Waals surface area contributed by atoms with Crippen LogP contribution in [0.5, 0.6) is 11.5 Å². The van der Waals surface area contributed by atoms with Gasteiger partial charge >= 0.3 is 12.2 Å². The van der Waals surface area contributed by atoms with Crippen molar-refractivity contribution in [2.45, 2.75) is 32.4 Å². The number of alkyl halides is 3. The van der Waals surface area contributed by atoms with Crippen LogP contribution in [-0.4, -0.2) is 22.8 Å². The van der Waals surface area contributed by atoms with Crippen molar-refractivity contribution in [2.24, 2.45) is 0 Å². The Labute approximate surface area is 255 Å². The molecule has 0 saturated carbocycles. The van der Waals surface area contributed by atoms with Crippen molar-refractivity contribution >= 4 is 40.8 Å². The summed E-state index contributed by atoms with van der Waals surface area (Å²) in [6.07, 6.45) is -3.31. The van der Waals surface area contributed by atoms with Crippen LogP contribution in [-0.2, 0) is 11.6 Å². The molecule has 0 atom stereocenters. The van der Waals surface area contributed by atoms with Gasteiger partial charge in [0.2, 0.25) is 0 Å². The molecule has 1 heterocycles. The number of nitrogens with one attached hydrogen (secondary N) is 4. The van der Waals surface area contributed by atoms with Crippen LogP contribution >= 0.6 is 11.6 Å². The minimum absolute atomic E-state index is 0.0169. The highest BCUT2D eigenvalue weighted by molar-refractivity contribution is 6.31. The van der Waals surface area contributed by atoms with Crippen molar-refractivity contribution in [3.8, 4) is 11.5 Å². The number of benzene rings is 3.